The highest BCUT2D eigenvalue weighted by Gasteiger charge is 2.30. The zero-order chi connectivity index (χ0) is 11.5. The van der Waals surface area contributed by atoms with Gasteiger partial charge in [-0.1, -0.05) is 0 Å². The van der Waals surface area contributed by atoms with Crippen molar-refractivity contribution in [2.45, 2.75) is 6.42 Å². The Hall–Kier alpha value is -1.65. The molecule has 4 nitrogen and oxygen atoms in total. The van der Waals surface area contributed by atoms with Crippen molar-refractivity contribution in [3.63, 3.8) is 0 Å². The number of esters is 1. The molecule has 1 aliphatic heterocycles. The third kappa shape index (κ3) is 1.98. The second-order valence-electron chi connectivity index (χ2n) is 3.76. The number of ether oxygens (including phenoxy) is 1. The lowest BCUT2D eigenvalue weighted by Gasteiger charge is -2.17. The summed E-state index contributed by atoms with van der Waals surface area (Å²) >= 11 is 0. The van der Waals surface area contributed by atoms with E-state index in [0.29, 0.717) is 25.3 Å². The minimum atomic E-state index is -0.354. The molecule has 86 valence electrons. The second-order valence-corrected chi connectivity index (χ2v) is 3.76. The quantitative estimate of drug-likeness (QED) is 0.708. The highest BCUT2D eigenvalue weighted by Crippen LogP contribution is 2.24. The highest BCUT2D eigenvalue weighted by molar-refractivity contribution is 5.74. The van der Waals surface area contributed by atoms with Gasteiger partial charge < -0.3 is 9.64 Å². The number of anilines is 1. The van der Waals surface area contributed by atoms with Crippen LogP contribution in [0.2, 0.25) is 0 Å². The zero-order valence-corrected chi connectivity index (χ0v) is 9.02. The summed E-state index contributed by atoms with van der Waals surface area (Å²) in [5.41, 5.74) is 0. The van der Waals surface area contributed by atoms with Gasteiger partial charge in [-0.05, 0) is 18.6 Å². The first-order valence-electron chi connectivity index (χ1n) is 5.15. The van der Waals surface area contributed by atoms with Crippen LogP contribution in [0.5, 0.6) is 0 Å². The SMILES string of the molecule is COC(=O)C1CCN(c2ncccc2F)C1. The third-order valence-electron chi connectivity index (χ3n) is 2.76. The first kappa shape index (κ1) is 10.9. The van der Waals surface area contributed by atoms with Crippen LogP contribution in [0.1, 0.15) is 6.42 Å². The Labute approximate surface area is 93.0 Å². The van der Waals surface area contributed by atoms with Crippen molar-refractivity contribution >= 4 is 11.8 Å². The van der Waals surface area contributed by atoms with E-state index >= 15 is 0 Å². The fourth-order valence-electron chi connectivity index (χ4n) is 1.92. The Morgan fingerprint density at radius 3 is 3.19 bits per heavy atom. The molecule has 1 aromatic rings. The summed E-state index contributed by atoms with van der Waals surface area (Å²) in [4.78, 5) is 17.1. The van der Waals surface area contributed by atoms with Crippen LogP contribution >= 0.6 is 0 Å². The van der Waals surface area contributed by atoms with Crippen molar-refractivity contribution in [2.75, 3.05) is 25.1 Å². The predicted octanol–water partition coefficient (Wildman–Crippen LogP) is 1.22. The van der Waals surface area contributed by atoms with E-state index in [4.69, 9.17) is 0 Å². The number of nitrogens with zero attached hydrogens (tertiary/aromatic N) is 2. The normalized spacial score (nSPS) is 19.9. The molecule has 0 aliphatic carbocycles. The molecule has 1 atom stereocenters. The summed E-state index contributed by atoms with van der Waals surface area (Å²) in [5, 5.41) is 0. The van der Waals surface area contributed by atoms with Crippen LogP contribution in [-0.4, -0.2) is 31.2 Å². The van der Waals surface area contributed by atoms with E-state index in [0.717, 1.165) is 0 Å². The Kier molecular flexibility index (Phi) is 3.03. The molecule has 1 saturated heterocycles. The van der Waals surface area contributed by atoms with E-state index in [9.17, 15) is 9.18 Å². The van der Waals surface area contributed by atoms with E-state index < -0.39 is 0 Å². The van der Waals surface area contributed by atoms with E-state index in [-0.39, 0.29) is 17.7 Å². The number of rotatable bonds is 2. The molecule has 16 heavy (non-hydrogen) atoms. The van der Waals surface area contributed by atoms with Gasteiger partial charge in [-0.2, -0.15) is 0 Å². The van der Waals surface area contributed by atoms with Crippen LogP contribution in [0, 0.1) is 11.7 Å². The molecule has 0 bridgehead atoms. The summed E-state index contributed by atoms with van der Waals surface area (Å²) in [6.07, 6.45) is 2.23. The Balaban J connectivity index is 2.09. The summed E-state index contributed by atoms with van der Waals surface area (Å²) < 4.78 is 18.1. The molecule has 1 aromatic heterocycles. The van der Waals surface area contributed by atoms with Gasteiger partial charge in [0, 0.05) is 19.3 Å². The molecular weight excluding hydrogens is 211 g/mol. The summed E-state index contributed by atoms with van der Waals surface area (Å²) in [6, 6.07) is 2.92. The molecule has 1 aliphatic rings. The number of carbonyl (C=O) groups is 1. The molecule has 5 heteroatoms. The second kappa shape index (κ2) is 4.47. The van der Waals surface area contributed by atoms with E-state index in [2.05, 4.69) is 9.72 Å². The predicted molar refractivity (Wildman–Crippen MR) is 56.5 cm³/mol. The molecule has 1 unspecified atom stereocenters. The van der Waals surface area contributed by atoms with E-state index in [1.807, 2.05) is 0 Å². The number of carbonyl (C=O) groups excluding carboxylic acids is 1. The van der Waals surface area contributed by atoms with Gasteiger partial charge in [0.1, 0.15) is 0 Å². The number of hydrogen-bond acceptors (Lipinski definition) is 4. The minimum absolute atomic E-state index is 0.175. The summed E-state index contributed by atoms with van der Waals surface area (Å²) in [7, 11) is 1.37. The van der Waals surface area contributed by atoms with Crippen molar-refractivity contribution in [2.24, 2.45) is 5.92 Å². The maximum absolute atomic E-state index is 13.4. The number of hydrogen-bond donors (Lipinski definition) is 0. The van der Waals surface area contributed by atoms with Crippen LogP contribution in [0.3, 0.4) is 0 Å². The van der Waals surface area contributed by atoms with Gasteiger partial charge >= 0.3 is 5.97 Å². The van der Waals surface area contributed by atoms with Crippen LogP contribution in [-0.2, 0) is 9.53 Å². The average molecular weight is 224 g/mol. The Morgan fingerprint density at radius 2 is 2.50 bits per heavy atom. The molecule has 0 amide bonds. The van der Waals surface area contributed by atoms with Gasteiger partial charge in [0.05, 0.1) is 13.0 Å². The van der Waals surface area contributed by atoms with Crippen LogP contribution in [0.4, 0.5) is 10.2 Å². The van der Waals surface area contributed by atoms with Gasteiger partial charge in [-0.25, -0.2) is 9.37 Å². The largest absolute Gasteiger partial charge is 0.469 e. The van der Waals surface area contributed by atoms with Crippen LogP contribution < -0.4 is 4.90 Å². The topological polar surface area (TPSA) is 42.4 Å². The molecule has 0 saturated carbocycles. The molecule has 2 rings (SSSR count). The number of methoxy groups -OCH3 is 1. The van der Waals surface area contributed by atoms with Gasteiger partial charge in [0.2, 0.25) is 0 Å². The third-order valence-corrected chi connectivity index (χ3v) is 2.76. The van der Waals surface area contributed by atoms with Crippen LogP contribution in [0.15, 0.2) is 18.3 Å². The van der Waals surface area contributed by atoms with Crippen molar-refractivity contribution < 1.29 is 13.9 Å². The van der Waals surface area contributed by atoms with Crippen molar-refractivity contribution in [3.8, 4) is 0 Å². The van der Waals surface area contributed by atoms with Crippen LogP contribution in [0.25, 0.3) is 0 Å². The van der Waals surface area contributed by atoms with Crippen molar-refractivity contribution in [1.82, 2.24) is 4.98 Å². The fourth-order valence-corrected chi connectivity index (χ4v) is 1.92. The first-order valence-corrected chi connectivity index (χ1v) is 5.15. The Bertz CT molecular complexity index is 397. The lowest BCUT2D eigenvalue weighted by atomic mass is 10.1. The summed E-state index contributed by atoms with van der Waals surface area (Å²) in [5.74, 6) is -0.452. The minimum Gasteiger partial charge on any atom is -0.469 e. The van der Waals surface area contributed by atoms with E-state index in [1.54, 1.807) is 17.2 Å². The standard InChI is InChI=1S/C11H13FN2O2/c1-16-11(15)8-4-6-14(7-8)10-9(12)3-2-5-13-10/h2-3,5,8H,4,6-7H2,1H3. The lowest BCUT2D eigenvalue weighted by Crippen LogP contribution is -2.25. The molecule has 0 N–H and O–H groups in total. The summed E-state index contributed by atoms with van der Waals surface area (Å²) in [6.45, 7) is 1.11. The molecule has 2 heterocycles. The molecule has 0 spiro atoms. The lowest BCUT2D eigenvalue weighted by molar-refractivity contribution is -0.144. The van der Waals surface area contributed by atoms with Crippen molar-refractivity contribution in [1.29, 1.82) is 0 Å². The maximum atomic E-state index is 13.4. The molecule has 0 radical (unpaired) electrons. The fraction of sp³-hybridized carbons (Fsp3) is 0.455. The smallest absolute Gasteiger partial charge is 0.310 e. The van der Waals surface area contributed by atoms with Crippen molar-refractivity contribution in [3.05, 3.63) is 24.1 Å². The van der Waals surface area contributed by atoms with Gasteiger partial charge in [0.25, 0.3) is 0 Å². The molecular formula is C11H13FN2O2. The average Bonchev–Trinajstić information content (AvgIpc) is 2.78. The zero-order valence-electron chi connectivity index (χ0n) is 9.02. The van der Waals surface area contributed by atoms with Gasteiger partial charge in [-0.3, -0.25) is 4.79 Å². The number of aromatic nitrogens is 1. The Morgan fingerprint density at radius 1 is 1.69 bits per heavy atom. The molecule has 1 fully saturated rings. The number of halogens is 1. The van der Waals surface area contributed by atoms with Gasteiger partial charge in [-0.15, -0.1) is 0 Å². The monoisotopic (exact) mass is 224 g/mol. The van der Waals surface area contributed by atoms with Gasteiger partial charge in [0.15, 0.2) is 11.6 Å². The number of pyridine rings is 1. The first-order chi connectivity index (χ1) is 7.72. The molecule has 0 aromatic carbocycles. The maximum Gasteiger partial charge on any atom is 0.310 e. The van der Waals surface area contributed by atoms with E-state index in [1.165, 1.54) is 13.2 Å². The highest BCUT2D eigenvalue weighted by atomic mass is 19.1.